The third-order valence-electron chi connectivity index (χ3n) is 6.09. The van der Waals surface area contributed by atoms with Gasteiger partial charge in [0.15, 0.2) is 0 Å². The predicted molar refractivity (Wildman–Crippen MR) is 104 cm³/mol. The van der Waals surface area contributed by atoms with Crippen LogP contribution in [0.25, 0.3) is 0 Å². The van der Waals surface area contributed by atoms with Crippen molar-refractivity contribution in [2.75, 3.05) is 52.9 Å². The molecule has 25 heavy (non-hydrogen) atoms. The molecule has 3 fully saturated rings. The van der Waals surface area contributed by atoms with Gasteiger partial charge in [0.05, 0.1) is 0 Å². The summed E-state index contributed by atoms with van der Waals surface area (Å²) in [6.07, 6.45) is 8.12. The minimum absolute atomic E-state index is 0. The molecule has 0 radical (unpaired) electrons. The lowest BCUT2D eigenvalue weighted by atomic mass is 9.96. The van der Waals surface area contributed by atoms with Gasteiger partial charge in [-0.15, -0.1) is 12.4 Å². The molecule has 0 spiro atoms. The maximum atomic E-state index is 12.9. The van der Waals surface area contributed by atoms with Crippen LogP contribution in [0.5, 0.6) is 0 Å². The number of piperazine rings is 1. The Kier molecular flexibility index (Phi) is 8.43. The average molecular weight is 395 g/mol. The standard InChI is InChI=1S/C17H34N4O2S.ClH/c1-19(17-5-3-2-4-6-17)24(22,23)21-13-11-20(12-14-21)15-16-7-9-18-10-8-16;/h16-18H,2-15H2,1H3;1H. The molecular formula is C17H35ClN4O2S. The summed E-state index contributed by atoms with van der Waals surface area (Å²) in [5.41, 5.74) is 0. The van der Waals surface area contributed by atoms with Crippen molar-refractivity contribution >= 4 is 22.6 Å². The number of nitrogens with zero attached hydrogens (tertiary/aromatic N) is 3. The summed E-state index contributed by atoms with van der Waals surface area (Å²) in [5, 5.41) is 3.41. The van der Waals surface area contributed by atoms with Gasteiger partial charge in [0.2, 0.25) is 0 Å². The van der Waals surface area contributed by atoms with E-state index in [4.69, 9.17) is 0 Å². The third kappa shape index (κ3) is 5.53. The van der Waals surface area contributed by atoms with Crippen LogP contribution in [0.3, 0.4) is 0 Å². The zero-order chi connectivity index (χ0) is 17.0. The molecule has 2 aliphatic heterocycles. The van der Waals surface area contributed by atoms with Crippen molar-refractivity contribution in [3.8, 4) is 0 Å². The molecular weight excluding hydrogens is 360 g/mol. The van der Waals surface area contributed by atoms with Gasteiger partial charge in [0.25, 0.3) is 10.2 Å². The Morgan fingerprint density at radius 1 is 0.960 bits per heavy atom. The van der Waals surface area contributed by atoms with E-state index in [0.717, 1.165) is 64.3 Å². The minimum atomic E-state index is -3.29. The Hall–Kier alpha value is 0.0800. The zero-order valence-corrected chi connectivity index (χ0v) is 17.2. The lowest BCUT2D eigenvalue weighted by molar-refractivity contribution is 0.146. The molecule has 3 rings (SSSR count). The Bertz CT molecular complexity index is 485. The van der Waals surface area contributed by atoms with E-state index in [0.29, 0.717) is 13.1 Å². The third-order valence-corrected chi connectivity index (χ3v) is 8.13. The van der Waals surface area contributed by atoms with Crippen molar-refractivity contribution in [1.82, 2.24) is 18.8 Å². The van der Waals surface area contributed by atoms with Crippen molar-refractivity contribution in [2.45, 2.75) is 51.0 Å². The van der Waals surface area contributed by atoms with Crippen molar-refractivity contribution < 1.29 is 8.42 Å². The molecule has 148 valence electrons. The van der Waals surface area contributed by atoms with Crippen LogP contribution in [0.2, 0.25) is 0 Å². The number of piperidine rings is 1. The average Bonchev–Trinajstić information content (AvgIpc) is 2.63. The molecule has 8 heteroatoms. The summed E-state index contributed by atoms with van der Waals surface area (Å²) in [7, 11) is -1.50. The van der Waals surface area contributed by atoms with Gasteiger partial charge in [-0.2, -0.15) is 17.0 Å². The fourth-order valence-electron chi connectivity index (χ4n) is 4.39. The first kappa shape index (κ1) is 21.4. The highest BCUT2D eigenvalue weighted by molar-refractivity contribution is 7.86. The van der Waals surface area contributed by atoms with Crippen molar-refractivity contribution in [3.05, 3.63) is 0 Å². The van der Waals surface area contributed by atoms with Gasteiger partial charge in [-0.1, -0.05) is 19.3 Å². The zero-order valence-electron chi connectivity index (χ0n) is 15.5. The SMILES string of the molecule is CN(C1CCCCC1)S(=O)(=O)N1CCN(CC2CCNCC2)CC1.Cl. The number of hydrogen-bond donors (Lipinski definition) is 1. The smallest absolute Gasteiger partial charge is 0.282 e. The highest BCUT2D eigenvalue weighted by Gasteiger charge is 2.34. The monoisotopic (exact) mass is 394 g/mol. The molecule has 0 amide bonds. The van der Waals surface area contributed by atoms with Crippen molar-refractivity contribution in [2.24, 2.45) is 5.92 Å². The minimum Gasteiger partial charge on any atom is -0.317 e. The second-order valence-electron chi connectivity index (χ2n) is 7.71. The molecule has 1 aliphatic carbocycles. The maximum absolute atomic E-state index is 12.9. The van der Waals surface area contributed by atoms with Crippen LogP contribution in [0.15, 0.2) is 0 Å². The number of nitrogens with one attached hydrogen (secondary N) is 1. The van der Waals surface area contributed by atoms with E-state index in [1.165, 1.54) is 19.3 Å². The lowest BCUT2D eigenvalue weighted by Crippen LogP contribution is -2.55. The van der Waals surface area contributed by atoms with Gasteiger partial charge in [-0.3, -0.25) is 0 Å². The van der Waals surface area contributed by atoms with E-state index in [2.05, 4.69) is 10.2 Å². The van der Waals surface area contributed by atoms with Crippen LogP contribution < -0.4 is 5.32 Å². The first-order valence-corrected chi connectivity index (χ1v) is 11.1. The second kappa shape index (κ2) is 9.85. The Labute approximate surface area is 159 Å². The predicted octanol–water partition coefficient (Wildman–Crippen LogP) is 1.53. The molecule has 0 atom stereocenters. The molecule has 1 N–H and O–H groups in total. The van der Waals surface area contributed by atoms with Gasteiger partial charge in [0.1, 0.15) is 0 Å². The summed E-state index contributed by atoms with van der Waals surface area (Å²) in [6, 6.07) is 0.205. The van der Waals surface area contributed by atoms with Gasteiger partial charge in [-0.25, -0.2) is 0 Å². The van der Waals surface area contributed by atoms with Crippen LogP contribution >= 0.6 is 12.4 Å². The Morgan fingerprint density at radius 3 is 2.16 bits per heavy atom. The molecule has 3 aliphatic rings. The first-order chi connectivity index (χ1) is 11.6. The topological polar surface area (TPSA) is 55.9 Å². The summed E-state index contributed by atoms with van der Waals surface area (Å²) >= 11 is 0. The number of halogens is 1. The van der Waals surface area contributed by atoms with E-state index >= 15 is 0 Å². The van der Waals surface area contributed by atoms with E-state index in [-0.39, 0.29) is 18.4 Å². The molecule has 0 aromatic rings. The number of rotatable bonds is 5. The molecule has 0 aromatic heterocycles. The highest BCUT2D eigenvalue weighted by atomic mass is 35.5. The van der Waals surface area contributed by atoms with Crippen molar-refractivity contribution in [1.29, 1.82) is 0 Å². The van der Waals surface area contributed by atoms with Crippen LogP contribution in [-0.4, -0.2) is 80.8 Å². The highest BCUT2D eigenvalue weighted by Crippen LogP contribution is 2.25. The fraction of sp³-hybridized carbons (Fsp3) is 1.00. The van der Waals surface area contributed by atoms with Crippen molar-refractivity contribution in [3.63, 3.8) is 0 Å². The molecule has 6 nitrogen and oxygen atoms in total. The first-order valence-electron chi connectivity index (χ1n) is 9.73. The van der Waals surface area contributed by atoms with Crippen LogP contribution in [0, 0.1) is 5.92 Å². The van der Waals surface area contributed by atoms with E-state index in [1.54, 1.807) is 15.7 Å². The van der Waals surface area contributed by atoms with E-state index < -0.39 is 10.2 Å². The molecule has 2 saturated heterocycles. The quantitative estimate of drug-likeness (QED) is 0.768. The molecule has 0 unspecified atom stereocenters. The van der Waals surface area contributed by atoms with Gasteiger partial charge >= 0.3 is 0 Å². The van der Waals surface area contributed by atoms with Crippen LogP contribution in [0.4, 0.5) is 0 Å². The maximum Gasteiger partial charge on any atom is 0.282 e. The van der Waals surface area contributed by atoms with E-state index in [9.17, 15) is 8.42 Å². The Morgan fingerprint density at radius 2 is 1.56 bits per heavy atom. The number of hydrogen-bond acceptors (Lipinski definition) is 4. The Balaban J connectivity index is 0.00000225. The van der Waals surface area contributed by atoms with Gasteiger partial charge < -0.3 is 10.2 Å². The van der Waals surface area contributed by atoms with Crippen LogP contribution in [0.1, 0.15) is 44.9 Å². The summed E-state index contributed by atoms with van der Waals surface area (Å²) in [5.74, 6) is 0.777. The summed E-state index contributed by atoms with van der Waals surface area (Å²) in [4.78, 5) is 2.46. The fourth-order valence-corrected chi connectivity index (χ4v) is 5.96. The van der Waals surface area contributed by atoms with Gasteiger partial charge in [0, 0.05) is 45.8 Å². The molecule has 2 heterocycles. The lowest BCUT2D eigenvalue weighted by Gasteiger charge is -2.39. The molecule has 0 aromatic carbocycles. The summed E-state index contributed by atoms with van der Waals surface area (Å²) < 4.78 is 29.2. The second-order valence-corrected chi connectivity index (χ2v) is 9.70. The van der Waals surface area contributed by atoms with Gasteiger partial charge in [-0.05, 0) is 44.7 Å². The molecule has 0 bridgehead atoms. The molecule has 1 saturated carbocycles. The normalized spacial score (nSPS) is 25.8. The van der Waals surface area contributed by atoms with Crippen LogP contribution in [-0.2, 0) is 10.2 Å². The largest absolute Gasteiger partial charge is 0.317 e. The van der Waals surface area contributed by atoms with E-state index in [1.807, 2.05) is 0 Å². The summed E-state index contributed by atoms with van der Waals surface area (Å²) in [6.45, 7) is 6.43.